The monoisotopic (exact) mass is 229 g/mol. The van der Waals surface area contributed by atoms with Crippen molar-refractivity contribution in [2.75, 3.05) is 6.54 Å². The van der Waals surface area contributed by atoms with Crippen molar-refractivity contribution < 1.29 is 9.00 Å². The molecule has 0 spiro atoms. The van der Waals surface area contributed by atoms with Crippen LogP contribution in [0.25, 0.3) is 0 Å². The second-order valence-electron chi connectivity index (χ2n) is 4.55. The number of rotatable bonds is 2. The lowest BCUT2D eigenvalue weighted by molar-refractivity contribution is -0.120. The first-order valence-electron chi connectivity index (χ1n) is 5.93. The molecule has 15 heavy (non-hydrogen) atoms. The molecule has 1 aliphatic carbocycles. The zero-order chi connectivity index (χ0) is 10.7. The molecular formula is C11H19NO2S. The predicted octanol–water partition coefficient (Wildman–Crippen LogP) is 1.35. The molecule has 2 rings (SSSR count). The minimum absolute atomic E-state index is 0.0869. The van der Waals surface area contributed by atoms with E-state index < -0.39 is 10.8 Å². The number of nitrogens with one attached hydrogen (secondary N) is 1. The Morgan fingerprint density at radius 2 is 1.73 bits per heavy atom. The zero-order valence-electron chi connectivity index (χ0n) is 9.04. The highest BCUT2D eigenvalue weighted by Crippen LogP contribution is 2.27. The predicted molar refractivity (Wildman–Crippen MR) is 61.0 cm³/mol. The summed E-state index contributed by atoms with van der Waals surface area (Å²) < 4.78 is 12.2. The van der Waals surface area contributed by atoms with Crippen LogP contribution in [0, 0.1) is 0 Å². The van der Waals surface area contributed by atoms with Gasteiger partial charge >= 0.3 is 0 Å². The molecule has 0 aromatic heterocycles. The summed E-state index contributed by atoms with van der Waals surface area (Å²) in [6, 6.07) is 0. The molecule has 3 nitrogen and oxygen atoms in total. The highest BCUT2D eigenvalue weighted by molar-refractivity contribution is 7.86. The van der Waals surface area contributed by atoms with Gasteiger partial charge in [-0.2, -0.15) is 0 Å². The van der Waals surface area contributed by atoms with E-state index in [2.05, 4.69) is 5.32 Å². The summed E-state index contributed by atoms with van der Waals surface area (Å²) in [5, 5.41) is 3.34. The Morgan fingerprint density at radius 1 is 1.07 bits per heavy atom. The smallest absolute Gasteiger partial charge is 0.221 e. The number of carbonyl (C=O) groups is 1. The van der Waals surface area contributed by atoms with E-state index in [1.165, 1.54) is 12.8 Å². The molecule has 1 heterocycles. The Balaban J connectivity index is 1.95. The average molecular weight is 229 g/mol. The topological polar surface area (TPSA) is 46.2 Å². The first-order valence-corrected chi connectivity index (χ1v) is 7.21. The fourth-order valence-corrected chi connectivity index (χ4v) is 4.59. The first kappa shape index (κ1) is 11.1. The van der Waals surface area contributed by atoms with Crippen LogP contribution in [0.5, 0.6) is 0 Å². The van der Waals surface area contributed by atoms with Crippen molar-refractivity contribution in [1.29, 1.82) is 0 Å². The summed E-state index contributed by atoms with van der Waals surface area (Å²) in [7, 11) is -0.774. The minimum atomic E-state index is -0.774. The largest absolute Gasteiger partial charge is 0.356 e. The summed E-state index contributed by atoms with van der Waals surface area (Å²) in [4.78, 5) is 11.4. The SMILES string of the molecule is O=C1CC(S(=O)C2CCCC2)CCCN1. The van der Waals surface area contributed by atoms with Crippen LogP contribution in [-0.2, 0) is 15.6 Å². The second-order valence-corrected chi connectivity index (χ2v) is 6.54. The van der Waals surface area contributed by atoms with E-state index in [1.54, 1.807) is 0 Å². The van der Waals surface area contributed by atoms with Gasteiger partial charge in [-0.05, 0) is 25.7 Å². The lowest BCUT2D eigenvalue weighted by Crippen LogP contribution is -2.28. The Hall–Kier alpha value is -0.380. The maximum Gasteiger partial charge on any atom is 0.221 e. The van der Waals surface area contributed by atoms with E-state index in [9.17, 15) is 9.00 Å². The number of hydrogen-bond donors (Lipinski definition) is 1. The van der Waals surface area contributed by atoms with Gasteiger partial charge in [0.25, 0.3) is 0 Å². The van der Waals surface area contributed by atoms with Gasteiger partial charge in [0.05, 0.1) is 0 Å². The van der Waals surface area contributed by atoms with Crippen molar-refractivity contribution in [3.05, 3.63) is 0 Å². The van der Waals surface area contributed by atoms with Crippen LogP contribution in [0.4, 0.5) is 0 Å². The highest BCUT2D eigenvalue weighted by Gasteiger charge is 2.30. The highest BCUT2D eigenvalue weighted by atomic mass is 32.2. The summed E-state index contributed by atoms with van der Waals surface area (Å²) in [6.07, 6.45) is 7.04. The van der Waals surface area contributed by atoms with Gasteiger partial charge in [-0.25, -0.2) is 0 Å². The average Bonchev–Trinajstić information content (AvgIpc) is 2.67. The second kappa shape index (κ2) is 5.10. The van der Waals surface area contributed by atoms with Gasteiger partial charge in [0.15, 0.2) is 0 Å². The van der Waals surface area contributed by atoms with Crippen LogP contribution >= 0.6 is 0 Å². The van der Waals surface area contributed by atoms with Crippen LogP contribution in [0.3, 0.4) is 0 Å². The molecule has 0 bridgehead atoms. The molecule has 0 radical (unpaired) electrons. The van der Waals surface area contributed by atoms with Crippen molar-refractivity contribution >= 4 is 16.7 Å². The molecule has 2 aliphatic rings. The van der Waals surface area contributed by atoms with Crippen molar-refractivity contribution in [1.82, 2.24) is 5.32 Å². The lowest BCUT2D eigenvalue weighted by Gasteiger charge is -2.17. The van der Waals surface area contributed by atoms with Crippen LogP contribution < -0.4 is 5.32 Å². The van der Waals surface area contributed by atoms with E-state index in [1.807, 2.05) is 0 Å². The molecule has 0 aromatic carbocycles. The van der Waals surface area contributed by atoms with E-state index in [0.717, 1.165) is 32.2 Å². The normalized spacial score (nSPS) is 30.9. The quantitative estimate of drug-likeness (QED) is 0.777. The van der Waals surface area contributed by atoms with Crippen LogP contribution in [0.2, 0.25) is 0 Å². The van der Waals surface area contributed by atoms with Gasteiger partial charge < -0.3 is 5.32 Å². The number of carbonyl (C=O) groups excluding carboxylic acids is 1. The van der Waals surface area contributed by atoms with Crippen molar-refractivity contribution in [3.63, 3.8) is 0 Å². The molecule has 1 saturated carbocycles. The van der Waals surface area contributed by atoms with Gasteiger partial charge in [-0.1, -0.05) is 12.8 Å². The molecule has 1 saturated heterocycles. The maximum atomic E-state index is 12.2. The third-order valence-electron chi connectivity index (χ3n) is 3.40. The summed E-state index contributed by atoms with van der Waals surface area (Å²) in [6.45, 7) is 0.761. The molecule has 1 N–H and O–H groups in total. The molecule has 1 aliphatic heterocycles. The standard InChI is InChI=1S/C11H19NO2S/c13-11-8-10(6-3-7-12-11)15(14)9-4-1-2-5-9/h9-10H,1-8H2,(H,12,13). The Morgan fingerprint density at radius 3 is 2.47 bits per heavy atom. The van der Waals surface area contributed by atoms with Crippen LogP contribution in [0.15, 0.2) is 0 Å². The van der Waals surface area contributed by atoms with Gasteiger partial charge in [0, 0.05) is 34.3 Å². The molecule has 2 fully saturated rings. The summed E-state index contributed by atoms with van der Waals surface area (Å²) in [5.74, 6) is 0.0869. The molecular weight excluding hydrogens is 210 g/mol. The van der Waals surface area contributed by atoms with Gasteiger partial charge in [-0.3, -0.25) is 9.00 Å². The molecule has 1 amide bonds. The van der Waals surface area contributed by atoms with Crippen LogP contribution in [-0.4, -0.2) is 27.2 Å². The fraction of sp³-hybridized carbons (Fsp3) is 0.909. The maximum absolute atomic E-state index is 12.2. The van der Waals surface area contributed by atoms with E-state index >= 15 is 0 Å². The Bertz CT molecular complexity index is 261. The summed E-state index contributed by atoms with van der Waals surface area (Å²) >= 11 is 0. The lowest BCUT2D eigenvalue weighted by atomic mass is 10.2. The van der Waals surface area contributed by atoms with E-state index in [0.29, 0.717) is 11.7 Å². The van der Waals surface area contributed by atoms with Crippen molar-refractivity contribution in [3.8, 4) is 0 Å². The van der Waals surface area contributed by atoms with Gasteiger partial charge in [-0.15, -0.1) is 0 Å². The van der Waals surface area contributed by atoms with Gasteiger partial charge in [0.1, 0.15) is 0 Å². The van der Waals surface area contributed by atoms with E-state index in [-0.39, 0.29) is 11.2 Å². The first-order chi connectivity index (χ1) is 7.27. The van der Waals surface area contributed by atoms with Crippen molar-refractivity contribution in [2.24, 2.45) is 0 Å². The summed E-state index contributed by atoms with van der Waals surface area (Å²) in [5.41, 5.74) is 0. The third-order valence-corrected chi connectivity index (χ3v) is 5.59. The van der Waals surface area contributed by atoms with E-state index in [4.69, 9.17) is 0 Å². The van der Waals surface area contributed by atoms with Crippen molar-refractivity contribution in [2.45, 2.75) is 55.4 Å². The zero-order valence-corrected chi connectivity index (χ0v) is 9.85. The minimum Gasteiger partial charge on any atom is -0.356 e. The molecule has 2 atom stereocenters. The molecule has 4 heteroatoms. The fourth-order valence-electron chi connectivity index (χ4n) is 2.53. The van der Waals surface area contributed by atoms with Gasteiger partial charge in [0.2, 0.25) is 5.91 Å². The number of hydrogen-bond acceptors (Lipinski definition) is 2. The number of amides is 1. The molecule has 86 valence electrons. The Kier molecular flexibility index (Phi) is 3.78. The molecule has 2 unspecified atom stereocenters. The third kappa shape index (κ3) is 2.80. The van der Waals surface area contributed by atoms with Crippen LogP contribution in [0.1, 0.15) is 44.9 Å². The molecule has 0 aromatic rings. The Labute approximate surface area is 93.5 Å².